The molecule has 120 valence electrons. The topological polar surface area (TPSA) is 55.8 Å². The zero-order valence-electron chi connectivity index (χ0n) is 12.3. The van der Waals surface area contributed by atoms with E-state index in [9.17, 15) is 9.59 Å². The van der Waals surface area contributed by atoms with Gasteiger partial charge in [0, 0.05) is 13.1 Å². The highest BCUT2D eigenvalue weighted by Crippen LogP contribution is 2.25. The molecule has 5 nitrogen and oxygen atoms in total. The van der Waals surface area contributed by atoms with Crippen molar-refractivity contribution in [1.82, 2.24) is 4.90 Å². The zero-order valence-corrected chi connectivity index (χ0v) is 13.9. The van der Waals surface area contributed by atoms with Crippen molar-refractivity contribution >= 4 is 35.1 Å². The second-order valence-electron chi connectivity index (χ2n) is 5.23. The summed E-state index contributed by atoms with van der Waals surface area (Å²) in [5.74, 6) is -0.975. The summed E-state index contributed by atoms with van der Waals surface area (Å²) in [6.45, 7) is 4.40. The Balaban J connectivity index is 1.95. The van der Waals surface area contributed by atoms with Crippen molar-refractivity contribution in [3.63, 3.8) is 0 Å². The van der Waals surface area contributed by atoms with Gasteiger partial charge in [0.15, 0.2) is 6.61 Å². The van der Waals surface area contributed by atoms with Crippen LogP contribution in [0.2, 0.25) is 10.0 Å². The number of hydrogen-bond acceptors (Lipinski definition) is 4. The molecular formula is C15H17Cl2NO4. The molecule has 0 radical (unpaired) electrons. The minimum absolute atomic E-state index is 0.0404. The number of esters is 1. The van der Waals surface area contributed by atoms with Crippen molar-refractivity contribution in [2.24, 2.45) is 0 Å². The van der Waals surface area contributed by atoms with Crippen molar-refractivity contribution in [3.8, 4) is 0 Å². The Bertz CT molecular complexity index is 548. The molecule has 1 fully saturated rings. The molecule has 0 aliphatic carbocycles. The average Bonchev–Trinajstić information content (AvgIpc) is 2.43. The fourth-order valence-corrected chi connectivity index (χ4v) is 2.92. The van der Waals surface area contributed by atoms with Gasteiger partial charge in [0.2, 0.25) is 0 Å². The molecule has 1 aromatic rings. The molecule has 7 heteroatoms. The molecular weight excluding hydrogens is 329 g/mol. The molecule has 1 aliphatic heterocycles. The van der Waals surface area contributed by atoms with Gasteiger partial charge in [0.05, 0.1) is 27.8 Å². The van der Waals surface area contributed by atoms with Gasteiger partial charge in [0.25, 0.3) is 5.91 Å². The van der Waals surface area contributed by atoms with Crippen LogP contribution in [-0.4, -0.2) is 48.7 Å². The Kier molecular flexibility index (Phi) is 5.67. The molecule has 0 aromatic heterocycles. The number of amides is 1. The Morgan fingerprint density at radius 1 is 1.23 bits per heavy atom. The second kappa shape index (κ2) is 7.31. The lowest BCUT2D eigenvalue weighted by molar-refractivity contribution is -0.146. The van der Waals surface area contributed by atoms with Crippen LogP contribution in [-0.2, 0) is 14.3 Å². The maximum absolute atomic E-state index is 12.1. The summed E-state index contributed by atoms with van der Waals surface area (Å²) >= 11 is 11.9. The first-order valence-electron chi connectivity index (χ1n) is 6.93. The molecule has 1 saturated heterocycles. The number of halogens is 2. The number of nitrogens with zero attached hydrogens (tertiary/aromatic N) is 1. The summed E-state index contributed by atoms with van der Waals surface area (Å²) in [6.07, 6.45) is -0.0807. The third-order valence-electron chi connectivity index (χ3n) is 3.27. The maximum Gasteiger partial charge on any atom is 0.341 e. The second-order valence-corrected chi connectivity index (χ2v) is 6.04. The first-order chi connectivity index (χ1) is 10.4. The summed E-state index contributed by atoms with van der Waals surface area (Å²) in [6, 6.07) is 4.71. The van der Waals surface area contributed by atoms with E-state index in [1.807, 2.05) is 13.8 Å². The van der Waals surface area contributed by atoms with Crippen molar-refractivity contribution in [3.05, 3.63) is 33.8 Å². The SMILES string of the molecule is C[C@H]1CN(C(=O)COC(=O)c2c(Cl)cccc2Cl)C[C@H](C)O1. The van der Waals surface area contributed by atoms with Crippen molar-refractivity contribution < 1.29 is 19.1 Å². The van der Waals surface area contributed by atoms with Crippen LogP contribution in [0.5, 0.6) is 0 Å². The zero-order chi connectivity index (χ0) is 16.3. The molecule has 1 heterocycles. The minimum atomic E-state index is -0.710. The molecule has 0 N–H and O–H groups in total. The normalized spacial score (nSPS) is 21.5. The molecule has 0 unspecified atom stereocenters. The van der Waals surface area contributed by atoms with Gasteiger partial charge in [-0.05, 0) is 26.0 Å². The molecule has 0 spiro atoms. The van der Waals surface area contributed by atoms with Crippen LogP contribution < -0.4 is 0 Å². The third-order valence-corrected chi connectivity index (χ3v) is 3.90. The number of rotatable bonds is 3. The molecule has 1 amide bonds. The molecule has 0 saturated carbocycles. The summed E-state index contributed by atoms with van der Waals surface area (Å²) in [4.78, 5) is 25.8. The highest BCUT2D eigenvalue weighted by Gasteiger charge is 2.27. The van der Waals surface area contributed by atoms with Crippen LogP contribution in [0, 0.1) is 0 Å². The van der Waals surface area contributed by atoms with Gasteiger partial charge in [-0.25, -0.2) is 4.79 Å². The number of carbonyl (C=O) groups excluding carboxylic acids is 2. The number of morpholine rings is 1. The lowest BCUT2D eigenvalue weighted by Crippen LogP contribution is -2.49. The fraction of sp³-hybridized carbons (Fsp3) is 0.467. The fourth-order valence-electron chi connectivity index (χ4n) is 2.37. The number of benzene rings is 1. The molecule has 2 rings (SSSR count). The van der Waals surface area contributed by atoms with Gasteiger partial charge in [-0.3, -0.25) is 4.79 Å². The van der Waals surface area contributed by atoms with Crippen molar-refractivity contribution in [2.75, 3.05) is 19.7 Å². The Morgan fingerprint density at radius 3 is 2.32 bits per heavy atom. The van der Waals surface area contributed by atoms with E-state index in [0.717, 1.165) is 0 Å². The van der Waals surface area contributed by atoms with E-state index in [1.54, 1.807) is 11.0 Å². The van der Waals surface area contributed by atoms with Crippen LogP contribution >= 0.6 is 23.2 Å². The van der Waals surface area contributed by atoms with Crippen LogP contribution in [0.3, 0.4) is 0 Å². The average molecular weight is 346 g/mol. The Morgan fingerprint density at radius 2 is 1.77 bits per heavy atom. The summed E-state index contributed by atoms with van der Waals surface area (Å²) in [5, 5.41) is 0.386. The predicted octanol–water partition coefficient (Wildman–Crippen LogP) is 2.79. The van der Waals surface area contributed by atoms with E-state index < -0.39 is 5.97 Å². The monoisotopic (exact) mass is 345 g/mol. The molecule has 1 aromatic carbocycles. The van der Waals surface area contributed by atoms with Gasteiger partial charge in [0.1, 0.15) is 0 Å². The highest BCUT2D eigenvalue weighted by molar-refractivity contribution is 6.39. The molecule has 0 bridgehead atoms. The van der Waals surface area contributed by atoms with Crippen LogP contribution in [0.25, 0.3) is 0 Å². The summed E-state index contributed by atoms with van der Waals surface area (Å²) in [5.41, 5.74) is 0.0716. The number of hydrogen-bond donors (Lipinski definition) is 0. The number of carbonyl (C=O) groups is 2. The van der Waals surface area contributed by atoms with Gasteiger partial charge >= 0.3 is 5.97 Å². The first-order valence-corrected chi connectivity index (χ1v) is 7.68. The molecule has 22 heavy (non-hydrogen) atoms. The van der Waals surface area contributed by atoms with Gasteiger partial charge in [-0.15, -0.1) is 0 Å². The Labute approximate surface area is 139 Å². The molecule has 2 atom stereocenters. The lowest BCUT2D eigenvalue weighted by atomic mass is 10.2. The van der Waals surface area contributed by atoms with E-state index in [1.165, 1.54) is 12.1 Å². The third kappa shape index (κ3) is 4.12. The Hall–Kier alpha value is -1.30. The van der Waals surface area contributed by atoms with Crippen LogP contribution in [0.4, 0.5) is 0 Å². The first kappa shape index (κ1) is 17.1. The van der Waals surface area contributed by atoms with Gasteiger partial charge in [-0.2, -0.15) is 0 Å². The van der Waals surface area contributed by atoms with E-state index in [0.29, 0.717) is 13.1 Å². The smallest absolute Gasteiger partial charge is 0.341 e. The van der Waals surface area contributed by atoms with Crippen LogP contribution in [0.1, 0.15) is 24.2 Å². The van der Waals surface area contributed by atoms with E-state index >= 15 is 0 Å². The van der Waals surface area contributed by atoms with Gasteiger partial charge in [-0.1, -0.05) is 29.3 Å². The van der Waals surface area contributed by atoms with Gasteiger partial charge < -0.3 is 14.4 Å². The van der Waals surface area contributed by atoms with E-state index in [2.05, 4.69) is 0 Å². The quantitative estimate of drug-likeness (QED) is 0.790. The lowest BCUT2D eigenvalue weighted by Gasteiger charge is -2.35. The summed E-state index contributed by atoms with van der Waals surface area (Å²) < 4.78 is 10.6. The summed E-state index contributed by atoms with van der Waals surface area (Å²) in [7, 11) is 0. The minimum Gasteiger partial charge on any atom is -0.452 e. The largest absolute Gasteiger partial charge is 0.452 e. The van der Waals surface area contributed by atoms with Crippen molar-refractivity contribution in [2.45, 2.75) is 26.1 Å². The maximum atomic E-state index is 12.1. The highest BCUT2D eigenvalue weighted by atomic mass is 35.5. The van der Waals surface area contributed by atoms with E-state index in [4.69, 9.17) is 32.7 Å². The number of ether oxygens (including phenoxy) is 2. The molecule has 1 aliphatic rings. The predicted molar refractivity (Wildman–Crippen MR) is 83.3 cm³/mol. The van der Waals surface area contributed by atoms with Crippen molar-refractivity contribution in [1.29, 1.82) is 0 Å². The standard InChI is InChI=1S/C15H17Cl2NO4/c1-9-6-18(7-10(2)22-9)13(19)8-21-15(20)14-11(16)4-3-5-12(14)17/h3-5,9-10H,6-8H2,1-2H3/t9-,10-/m0/s1. The van der Waals surface area contributed by atoms with Crippen LogP contribution in [0.15, 0.2) is 18.2 Å². The van der Waals surface area contributed by atoms with E-state index in [-0.39, 0.29) is 40.3 Å².